The van der Waals surface area contributed by atoms with E-state index in [0.717, 1.165) is 31.2 Å². The molecule has 1 saturated carbocycles. The molecule has 5 nitrogen and oxygen atoms in total. The van der Waals surface area contributed by atoms with Crippen LogP contribution in [-0.2, 0) is 17.8 Å². The van der Waals surface area contributed by atoms with E-state index in [2.05, 4.69) is 29.0 Å². The van der Waals surface area contributed by atoms with Gasteiger partial charge >= 0.3 is 6.03 Å². The second kappa shape index (κ2) is 8.70. The van der Waals surface area contributed by atoms with Gasteiger partial charge in [0.1, 0.15) is 0 Å². The zero-order valence-corrected chi connectivity index (χ0v) is 15.9. The van der Waals surface area contributed by atoms with Crippen molar-refractivity contribution in [1.29, 1.82) is 0 Å². The Balaban J connectivity index is 1.31. The molecule has 2 aliphatic rings. The summed E-state index contributed by atoms with van der Waals surface area (Å²) >= 11 is 1.76. The number of nitrogens with one attached hydrogen (secondary N) is 2. The van der Waals surface area contributed by atoms with Crippen molar-refractivity contribution in [2.45, 2.75) is 52.0 Å². The summed E-state index contributed by atoms with van der Waals surface area (Å²) < 4.78 is 0. The summed E-state index contributed by atoms with van der Waals surface area (Å²) in [4.78, 5) is 27.4. The Hall–Kier alpha value is -1.56. The lowest BCUT2D eigenvalue weighted by molar-refractivity contribution is -0.130. The fourth-order valence-electron chi connectivity index (χ4n) is 4.00. The first-order valence-corrected chi connectivity index (χ1v) is 10.3. The highest BCUT2D eigenvalue weighted by Gasteiger charge is 2.22. The van der Waals surface area contributed by atoms with Gasteiger partial charge in [-0.2, -0.15) is 0 Å². The summed E-state index contributed by atoms with van der Waals surface area (Å²) in [6, 6.07) is 1.86. The Morgan fingerprint density at radius 1 is 1.32 bits per heavy atom. The Labute approximate surface area is 154 Å². The van der Waals surface area contributed by atoms with E-state index in [9.17, 15) is 9.59 Å². The van der Waals surface area contributed by atoms with E-state index in [1.165, 1.54) is 36.1 Å². The molecule has 3 amide bonds. The number of nitrogens with zero attached hydrogens (tertiary/aromatic N) is 1. The van der Waals surface area contributed by atoms with Gasteiger partial charge in [0, 0.05) is 24.5 Å². The van der Waals surface area contributed by atoms with E-state index >= 15 is 0 Å². The molecule has 25 heavy (non-hydrogen) atoms. The van der Waals surface area contributed by atoms with Crippen molar-refractivity contribution in [3.8, 4) is 0 Å². The molecule has 0 saturated heterocycles. The van der Waals surface area contributed by atoms with Crippen LogP contribution in [-0.4, -0.2) is 36.5 Å². The summed E-state index contributed by atoms with van der Waals surface area (Å²) in [7, 11) is 0. The van der Waals surface area contributed by atoms with E-state index in [1.807, 2.05) is 4.90 Å². The maximum absolute atomic E-state index is 12.3. The number of thiophene rings is 1. The molecular weight excluding hydrogens is 334 g/mol. The molecular formula is C19H29N3O2S. The molecule has 6 heteroatoms. The smallest absolute Gasteiger partial charge is 0.315 e. The quantitative estimate of drug-likeness (QED) is 0.844. The summed E-state index contributed by atoms with van der Waals surface area (Å²) in [6.45, 7) is 4.50. The third-order valence-corrected chi connectivity index (χ3v) is 6.47. The molecule has 0 aromatic carbocycles. The molecule has 2 atom stereocenters. The van der Waals surface area contributed by atoms with Crippen LogP contribution in [0.2, 0.25) is 0 Å². The van der Waals surface area contributed by atoms with E-state index in [1.54, 1.807) is 11.3 Å². The second-order valence-electron chi connectivity index (χ2n) is 7.47. The van der Waals surface area contributed by atoms with Crippen LogP contribution in [0.5, 0.6) is 0 Å². The lowest BCUT2D eigenvalue weighted by atomic mass is 9.81. The Bertz CT molecular complexity index is 601. The van der Waals surface area contributed by atoms with Gasteiger partial charge in [-0.05, 0) is 48.1 Å². The van der Waals surface area contributed by atoms with Crippen LogP contribution in [0.4, 0.5) is 4.79 Å². The van der Waals surface area contributed by atoms with Gasteiger partial charge in [0.15, 0.2) is 0 Å². The van der Waals surface area contributed by atoms with Gasteiger partial charge in [-0.3, -0.25) is 4.79 Å². The lowest BCUT2D eigenvalue weighted by Crippen LogP contribution is -2.45. The molecule has 1 aliphatic heterocycles. The van der Waals surface area contributed by atoms with E-state index in [-0.39, 0.29) is 18.5 Å². The fourth-order valence-corrected chi connectivity index (χ4v) is 4.89. The molecule has 0 spiro atoms. The third-order valence-electron chi connectivity index (χ3n) is 5.44. The fraction of sp³-hybridized carbons (Fsp3) is 0.684. The molecule has 2 unspecified atom stereocenters. The highest BCUT2D eigenvalue weighted by atomic mass is 32.1. The molecule has 3 rings (SSSR count). The first-order valence-electron chi connectivity index (χ1n) is 9.46. The van der Waals surface area contributed by atoms with Crippen molar-refractivity contribution < 1.29 is 9.59 Å². The van der Waals surface area contributed by atoms with Crippen molar-refractivity contribution in [1.82, 2.24) is 15.5 Å². The van der Waals surface area contributed by atoms with Gasteiger partial charge in [-0.25, -0.2) is 4.79 Å². The van der Waals surface area contributed by atoms with Gasteiger partial charge in [0.25, 0.3) is 0 Å². The number of carbonyl (C=O) groups is 2. The molecule has 1 fully saturated rings. The largest absolute Gasteiger partial charge is 0.338 e. The number of amides is 3. The predicted octanol–water partition coefficient (Wildman–Crippen LogP) is 3.15. The van der Waals surface area contributed by atoms with Crippen LogP contribution in [0.25, 0.3) is 0 Å². The van der Waals surface area contributed by atoms with Crippen molar-refractivity contribution in [3.63, 3.8) is 0 Å². The minimum absolute atomic E-state index is 0.00638. The van der Waals surface area contributed by atoms with Crippen molar-refractivity contribution >= 4 is 23.3 Å². The first kappa shape index (κ1) is 18.2. The summed E-state index contributed by atoms with van der Waals surface area (Å²) in [5.74, 6) is 1.55. The van der Waals surface area contributed by atoms with Crippen LogP contribution in [0.3, 0.4) is 0 Å². The Morgan fingerprint density at radius 2 is 2.20 bits per heavy atom. The van der Waals surface area contributed by atoms with E-state index in [0.29, 0.717) is 13.1 Å². The summed E-state index contributed by atoms with van der Waals surface area (Å²) in [6.07, 6.45) is 7.18. The number of urea groups is 1. The number of fused-ring (bicyclic) bond motifs is 1. The van der Waals surface area contributed by atoms with Crippen molar-refractivity contribution in [2.24, 2.45) is 11.8 Å². The monoisotopic (exact) mass is 363 g/mol. The molecule has 0 radical (unpaired) electrons. The maximum Gasteiger partial charge on any atom is 0.315 e. The number of rotatable bonds is 5. The minimum Gasteiger partial charge on any atom is -0.338 e. The Kier molecular flexibility index (Phi) is 6.34. The predicted molar refractivity (Wildman–Crippen MR) is 101 cm³/mol. The molecule has 2 N–H and O–H groups in total. The van der Waals surface area contributed by atoms with Gasteiger partial charge in [0.05, 0.1) is 6.54 Å². The topological polar surface area (TPSA) is 61.4 Å². The molecule has 1 aliphatic carbocycles. The maximum atomic E-state index is 12.3. The Morgan fingerprint density at radius 3 is 3.04 bits per heavy atom. The minimum atomic E-state index is -0.231. The highest BCUT2D eigenvalue weighted by molar-refractivity contribution is 7.10. The molecule has 1 aromatic heterocycles. The van der Waals surface area contributed by atoms with Crippen LogP contribution < -0.4 is 10.6 Å². The normalized spacial score (nSPS) is 23.0. The third kappa shape index (κ3) is 5.21. The average Bonchev–Trinajstić information content (AvgIpc) is 3.07. The van der Waals surface area contributed by atoms with E-state index in [4.69, 9.17) is 0 Å². The van der Waals surface area contributed by atoms with E-state index < -0.39 is 0 Å². The van der Waals surface area contributed by atoms with Crippen LogP contribution in [0, 0.1) is 11.8 Å². The summed E-state index contributed by atoms with van der Waals surface area (Å²) in [5.41, 5.74) is 1.25. The van der Waals surface area contributed by atoms with Gasteiger partial charge < -0.3 is 15.5 Å². The zero-order valence-electron chi connectivity index (χ0n) is 15.1. The molecule has 2 heterocycles. The molecule has 0 bridgehead atoms. The molecule has 1 aromatic rings. The van der Waals surface area contributed by atoms with Gasteiger partial charge in [0.2, 0.25) is 5.91 Å². The summed E-state index contributed by atoms with van der Waals surface area (Å²) in [5, 5.41) is 7.68. The van der Waals surface area contributed by atoms with Gasteiger partial charge in [-0.15, -0.1) is 11.3 Å². The van der Waals surface area contributed by atoms with Crippen LogP contribution in [0.15, 0.2) is 11.4 Å². The average molecular weight is 364 g/mol. The number of hydrogen-bond donors (Lipinski definition) is 2. The lowest BCUT2D eigenvalue weighted by Gasteiger charge is -2.27. The van der Waals surface area contributed by atoms with Crippen LogP contribution >= 0.6 is 11.3 Å². The zero-order chi connectivity index (χ0) is 17.6. The van der Waals surface area contributed by atoms with Gasteiger partial charge in [-0.1, -0.05) is 26.2 Å². The first-order chi connectivity index (χ1) is 12.1. The SMILES string of the molecule is CC1CCCC(CCNC(=O)NCC(=O)N2CCc3sccc3C2)C1. The number of carbonyl (C=O) groups excluding carboxylic acids is 2. The second-order valence-corrected chi connectivity index (χ2v) is 8.47. The standard InChI is InChI=1S/C19H29N3O2S/c1-14-3-2-4-15(11-14)5-8-20-19(24)21-12-18(23)22-9-6-17-16(13-22)7-10-25-17/h7,10,14-15H,2-6,8-9,11-13H2,1H3,(H2,20,21,24). The van der Waals surface area contributed by atoms with Crippen molar-refractivity contribution in [2.75, 3.05) is 19.6 Å². The highest BCUT2D eigenvalue weighted by Crippen LogP contribution is 2.30. The molecule has 138 valence electrons. The van der Waals surface area contributed by atoms with Crippen molar-refractivity contribution in [3.05, 3.63) is 21.9 Å². The number of hydrogen-bond acceptors (Lipinski definition) is 3. The van der Waals surface area contributed by atoms with Crippen LogP contribution in [0.1, 0.15) is 49.5 Å².